The first-order chi connectivity index (χ1) is 17.8. The van der Waals surface area contributed by atoms with Crippen LogP contribution in [0.5, 0.6) is 0 Å². The van der Waals surface area contributed by atoms with Gasteiger partial charge >= 0.3 is 6.09 Å². The predicted molar refractivity (Wildman–Crippen MR) is 130 cm³/mol. The van der Waals surface area contributed by atoms with Gasteiger partial charge in [-0.3, -0.25) is 18.9 Å². The summed E-state index contributed by atoms with van der Waals surface area (Å²) >= 11 is 0. The van der Waals surface area contributed by atoms with Gasteiger partial charge in [0.25, 0.3) is 5.91 Å². The Labute approximate surface area is 211 Å². The van der Waals surface area contributed by atoms with E-state index in [0.29, 0.717) is 43.3 Å². The molecule has 2 aliphatic rings. The maximum Gasteiger partial charge on any atom is 0.414 e. The molecule has 1 N–H and O–H groups in total. The molecule has 37 heavy (non-hydrogen) atoms. The average Bonchev–Trinajstić information content (AvgIpc) is 3.51. The fraction of sp³-hybridized carbons (Fsp3) is 0.375. The van der Waals surface area contributed by atoms with Crippen molar-refractivity contribution in [2.24, 2.45) is 0 Å². The van der Waals surface area contributed by atoms with Crippen molar-refractivity contribution in [2.45, 2.75) is 6.10 Å². The Hall–Kier alpha value is -4.26. The number of carbonyl (C=O) groups excluding carboxylic acids is 3. The summed E-state index contributed by atoms with van der Waals surface area (Å²) in [4.78, 5) is 51.9. The molecule has 1 atom stereocenters. The number of benzene rings is 1. The van der Waals surface area contributed by atoms with Crippen molar-refractivity contribution < 1.29 is 28.6 Å². The number of halogens is 1. The standard InChI is InChI=1S/C24H26FN7O5/c1-28(22(35)19-13-31-6-2-5-26-23(31)27-19)14-21(34)30-9-7-29(8-10-30)20-4-3-16(11-18(20)25)32-12-17(15-33)37-24(32)36/h2-6,11,13,17,33H,7-10,12,14-15H2,1H3/t17-/m1/s1. The Kier molecular flexibility index (Phi) is 6.61. The molecule has 5 rings (SSSR count). The van der Waals surface area contributed by atoms with E-state index >= 15 is 0 Å². The van der Waals surface area contributed by atoms with Gasteiger partial charge in [-0.05, 0) is 24.3 Å². The maximum absolute atomic E-state index is 14.9. The topological polar surface area (TPSA) is 124 Å². The van der Waals surface area contributed by atoms with Crippen molar-refractivity contribution in [3.8, 4) is 0 Å². The van der Waals surface area contributed by atoms with Crippen molar-refractivity contribution in [2.75, 3.05) is 62.7 Å². The normalized spacial score (nSPS) is 17.9. The number of nitrogens with zero attached hydrogens (tertiary/aromatic N) is 7. The number of carbonyl (C=O) groups is 3. The van der Waals surface area contributed by atoms with E-state index in [-0.39, 0.29) is 37.2 Å². The van der Waals surface area contributed by atoms with Gasteiger partial charge in [0.05, 0.1) is 31.1 Å². The predicted octanol–water partition coefficient (Wildman–Crippen LogP) is 0.607. The summed E-state index contributed by atoms with van der Waals surface area (Å²) in [5.41, 5.74) is 0.923. The van der Waals surface area contributed by atoms with Crippen molar-refractivity contribution in [3.63, 3.8) is 0 Å². The first kappa shape index (κ1) is 24.4. The second-order valence-electron chi connectivity index (χ2n) is 8.92. The van der Waals surface area contributed by atoms with Gasteiger partial charge in [0.15, 0.2) is 0 Å². The SMILES string of the molecule is CN(CC(=O)N1CCN(c2ccc(N3C[C@H](CO)OC3=O)cc2F)CC1)C(=O)c1cn2cccnc2n1. The van der Waals surface area contributed by atoms with Crippen LogP contribution in [0.15, 0.2) is 42.9 Å². The van der Waals surface area contributed by atoms with E-state index in [0.717, 1.165) is 0 Å². The van der Waals surface area contributed by atoms with Crippen molar-refractivity contribution >= 4 is 35.1 Å². The molecule has 2 aromatic heterocycles. The highest BCUT2D eigenvalue weighted by atomic mass is 19.1. The van der Waals surface area contributed by atoms with E-state index in [9.17, 15) is 23.9 Å². The Morgan fingerprint density at radius 1 is 1.24 bits per heavy atom. The zero-order valence-electron chi connectivity index (χ0n) is 20.2. The van der Waals surface area contributed by atoms with Gasteiger partial charge in [-0.25, -0.2) is 19.2 Å². The molecule has 1 aromatic carbocycles. The van der Waals surface area contributed by atoms with Crippen LogP contribution in [0.2, 0.25) is 0 Å². The van der Waals surface area contributed by atoms with Crippen LogP contribution in [0.1, 0.15) is 10.5 Å². The largest absolute Gasteiger partial charge is 0.441 e. The molecule has 3 aromatic rings. The highest BCUT2D eigenvalue weighted by Gasteiger charge is 2.32. The van der Waals surface area contributed by atoms with Crippen molar-refractivity contribution in [1.29, 1.82) is 0 Å². The molecule has 0 saturated carbocycles. The van der Waals surface area contributed by atoms with E-state index in [1.54, 1.807) is 53.1 Å². The zero-order chi connectivity index (χ0) is 26.1. The van der Waals surface area contributed by atoms with Gasteiger partial charge in [-0.2, -0.15) is 0 Å². The number of amides is 3. The highest BCUT2D eigenvalue weighted by molar-refractivity contribution is 5.95. The number of anilines is 2. The molecule has 0 unspecified atom stereocenters. The molecule has 0 spiro atoms. The third kappa shape index (κ3) is 4.89. The molecular formula is C24H26FN7O5. The van der Waals surface area contributed by atoms with Gasteiger partial charge in [-0.1, -0.05) is 0 Å². The number of hydrogen-bond acceptors (Lipinski definition) is 8. The Bertz CT molecular complexity index is 1310. The van der Waals surface area contributed by atoms with Crippen LogP contribution in [0.3, 0.4) is 0 Å². The maximum atomic E-state index is 14.9. The molecule has 3 amide bonds. The second-order valence-corrected chi connectivity index (χ2v) is 8.92. The Morgan fingerprint density at radius 2 is 2.03 bits per heavy atom. The third-order valence-corrected chi connectivity index (χ3v) is 6.47. The van der Waals surface area contributed by atoms with Crippen LogP contribution in [0.25, 0.3) is 5.78 Å². The van der Waals surface area contributed by atoms with Crippen LogP contribution < -0.4 is 9.80 Å². The lowest BCUT2D eigenvalue weighted by Gasteiger charge is -2.37. The lowest BCUT2D eigenvalue weighted by Crippen LogP contribution is -2.51. The highest BCUT2D eigenvalue weighted by Crippen LogP contribution is 2.28. The fourth-order valence-electron chi connectivity index (χ4n) is 4.45. The molecule has 4 heterocycles. The van der Waals surface area contributed by atoms with Gasteiger partial charge in [-0.15, -0.1) is 0 Å². The van der Waals surface area contributed by atoms with E-state index in [4.69, 9.17) is 4.74 Å². The molecule has 0 radical (unpaired) electrons. The third-order valence-electron chi connectivity index (χ3n) is 6.47. The Morgan fingerprint density at radius 3 is 2.70 bits per heavy atom. The van der Waals surface area contributed by atoms with E-state index in [1.807, 2.05) is 4.90 Å². The van der Waals surface area contributed by atoms with Gasteiger partial charge in [0.2, 0.25) is 11.7 Å². The summed E-state index contributed by atoms with van der Waals surface area (Å²) in [5, 5.41) is 9.19. The monoisotopic (exact) mass is 511 g/mol. The molecule has 12 nitrogen and oxygen atoms in total. The summed E-state index contributed by atoms with van der Waals surface area (Å²) in [5.74, 6) is -0.687. The van der Waals surface area contributed by atoms with Crippen LogP contribution in [-0.2, 0) is 9.53 Å². The summed E-state index contributed by atoms with van der Waals surface area (Å²) in [6.07, 6.45) is 3.63. The number of fused-ring (bicyclic) bond motifs is 1. The lowest BCUT2D eigenvalue weighted by atomic mass is 10.2. The quantitative estimate of drug-likeness (QED) is 0.511. The number of aliphatic hydroxyl groups excluding tert-OH is 1. The van der Waals surface area contributed by atoms with Gasteiger partial charge in [0, 0.05) is 51.8 Å². The summed E-state index contributed by atoms with van der Waals surface area (Å²) in [7, 11) is 1.55. The molecule has 0 aliphatic carbocycles. The molecule has 2 saturated heterocycles. The minimum absolute atomic E-state index is 0.107. The molecule has 2 fully saturated rings. The van der Waals surface area contributed by atoms with E-state index in [2.05, 4.69) is 9.97 Å². The number of aromatic nitrogens is 3. The summed E-state index contributed by atoms with van der Waals surface area (Å²) in [6.45, 7) is 1.32. The van der Waals surface area contributed by atoms with Gasteiger partial charge < -0.3 is 24.5 Å². The van der Waals surface area contributed by atoms with Crippen molar-refractivity contribution in [1.82, 2.24) is 24.2 Å². The second kappa shape index (κ2) is 10.0. The number of likely N-dealkylation sites (N-methyl/N-ethyl adjacent to an activating group) is 1. The van der Waals surface area contributed by atoms with Crippen LogP contribution in [0, 0.1) is 5.82 Å². The van der Waals surface area contributed by atoms with Crippen molar-refractivity contribution in [3.05, 3.63) is 54.4 Å². The number of imidazole rings is 1. The Balaban J connectivity index is 1.16. The van der Waals surface area contributed by atoms with Crippen LogP contribution >= 0.6 is 0 Å². The number of rotatable bonds is 6. The van der Waals surface area contributed by atoms with Crippen LogP contribution in [-0.4, -0.2) is 106 Å². The average molecular weight is 512 g/mol. The minimum atomic E-state index is -0.633. The molecule has 0 bridgehead atoms. The first-order valence-corrected chi connectivity index (χ1v) is 11.8. The smallest absolute Gasteiger partial charge is 0.414 e. The number of aliphatic hydroxyl groups is 1. The number of ether oxygens (including phenoxy) is 1. The number of cyclic esters (lactones) is 1. The van der Waals surface area contributed by atoms with E-state index < -0.39 is 18.0 Å². The molecular weight excluding hydrogens is 485 g/mol. The van der Waals surface area contributed by atoms with Gasteiger partial charge in [0.1, 0.15) is 17.6 Å². The first-order valence-electron chi connectivity index (χ1n) is 11.8. The summed E-state index contributed by atoms with van der Waals surface area (Å²) in [6, 6.07) is 6.22. The minimum Gasteiger partial charge on any atom is -0.441 e. The van der Waals surface area contributed by atoms with E-state index in [1.165, 1.54) is 15.9 Å². The number of hydrogen-bond donors (Lipinski definition) is 1. The molecule has 2 aliphatic heterocycles. The molecule has 13 heteroatoms. The van der Waals surface area contributed by atoms with Crippen LogP contribution in [0.4, 0.5) is 20.6 Å². The zero-order valence-corrected chi connectivity index (χ0v) is 20.2. The molecule has 194 valence electrons. The summed E-state index contributed by atoms with van der Waals surface area (Å²) < 4.78 is 21.6. The lowest BCUT2D eigenvalue weighted by molar-refractivity contribution is -0.131. The number of piperazine rings is 1. The fourth-order valence-corrected chi connectivity index (χ4v) is 4.45.